The molecule has 88 valence electrons. The van der Waals surface area contributed by atoms with Crippen LogP contribution >= 0.6 is 34.8 Å². The summed E-state index contributed by atoms with van der Waals surface area (Å²) in [7, 11) is 0. The minimum absolute atomic E-state index is 0.253. The summed E-state index contributed by atoms with van der Waals surface area (Å²) < 4.78 is 5.25. The van der Waals surface area contributed by atoms with E-state index in [1.807, 2.05) is 6.92 Å². The van der Waals surface area contributed by atoms with E-state index >= 15 is 0 Å². The largest absolute Gasteiger partial charge is 0.492 e. The highest BCUT2D eigenvalue weighted by Gasteiger charge is 2.18. The van der Waals surface area contributed by atoms with E-state index in [0.29, 0.717) is 28.0 Å². The Hall–Kier alpha value is -0.440. The normalized spacial score (nSPS) is 12.3. The Labute approximate surface area is 109 Å². The van der Waals surface area contributed by atoms with Crippen molar-refractivity contribution in [2.75, 3.05) is 6.61 Å². The summed E-state index contributed by atoms with van der Waals surface area (Å²) in [5.74, 6) is 0.213. The van der Waals surface area contributed by atoms with Crippen molar-refractivity contribution in [3.63, 3.8) is 0 Å². The van der Waals surface area contributed by atoms with E-state index in [4.69, 9.17) is 39.5 Å². The molecule has 0 saturated carbocycles. The highest BCUT2D eigenvalue weighted by atomic mass is 35.5. The number of ether oxygens (including phenoxy) is 1. The molecule has 0 N–H and O–H groups in total. The quantitative estimate of drug-likeness (QED) is 0.610. The van der Waals surface area contributed by atoms with Gasteiger partial charge in [-0.25, -0.2) is 0 Å². The number of carbonyl (C=O) groups excluding carboxylic acids is 1. The Kier molecular flexibility index (Phi) is 4.90. The number of ketones is 1. The zero-order valence-electron chi connectivity index (χ0n) is 8.89. The zero-order chi connectivity index (χ0) is 12.3. The van der Waals surface area contributed by atoms with E-state index in [1.54, 1.807) is 6.92 Å². The van der Waals surface area contributed by atoms with Gasteiger partial charge in [-0.15, -0.1) is 11.6 Å². The van der Waals surface area contributed by atoms with Crippen LogP contribution in [-0.4, -0.2) is 17.8 Å². The van der Waals surface area contributed by atoms with Crippen LogP contribution in [0.2, 0.25) is 10.0 Å². The van der Waals surface area contributed by atoms with Crippen LogP contribution in [0.3, 0.4) is 0 Å². The van der Waals surface area contributed by atoms with E-state index in [-0.39, 0.29) is 5.78 Å². The highest BCUT2D eigenvalue weighted by molar-refractivity contribution is 6.40. The topological polar surface area (TPSA) is 26.3 Å². The molecule has 0 amide bonds. The van der Waals surface area contributed by atoms with E-state index in [0.717, 1.165) is 0 Å². The molecule has 0 aliphatic heterocycles. The first-order chi connectivity index (χ1) is 7.47. The average molecular weight is 282 g/mol. The fourth-order valence-corrected chi connectivity index (χ4v) is 1.78. The van der Waals surface area contributed by atoms with Crippen molar-refractivity contribution in [3.8, 4) is 5.75 Å². The molecule has 0 aliphatic carbocycles. The predicted molar refractivity (Wildman–Crippen MR) is 67.3 cm³/mol. The first-order valence-corrected chi connectivity index (χ1v) is 5.96. The van der Waals surface area contributed by atoms with Gasteiger partial charge in [0.25, 0.3) is 0 Å². The number of alkyl halides is 1. The Balaban J connectivity index is 3.15. The van der Waals surface area contributed by atoms with Crippen molar-refractivity contribution in [1.82, 2.24) is 0 Å². The third kappa shape index (κ3) is 3.03. The van der Waals surface area contributed by atoms with Gasteiger partial charge < -0.3 is 4.74 Å². The van der Waals surface area contributed by atoms with Crippen molar-refractivity contribution in [3.05, 3.63) is 27.7 Å². The number of rotatable bonds is 4. The summed E-state index contributed by atoms with van der Waals surface area (Å²) in [5.41, 5.74) is 0.317. The molecule has 2 nitrogen and oxygen atoms in total. The standard InChI is InChI=1S/C11H11Cl3O2/c1-3-16-10-5-8(13)7(4-9(10)14)11(15)6(2)12/h4-6H,3H2,1-2H3. The van der Waals surface area contributed by atoms with Crippen molar-refractivity contribution >= 4 is 40.6 Å². The number of halogens is 3. The number of benzene rings is 1. The zero-order valence-corrected chi connectivity index (χ0v) is 11.2. The van der Waals surface area contributed by atoms with Crippen LogP contribution in [0, 0.1) is 0 Å². The lowest BCUT2D eigenvalue weighted by Gasteiger charge is -2.10. The number of hydrogen-bond donors (Lipinski definition) is 0. The second-order valence-corrected chi connectivity index (χ2v) is 4.64. The Morgan fingerprint density at radius 1 is 1.38 bits per heavy atom. The first kappa shape index (κ1) is 13.6. The van der Waals surface area contributed by atoms with Gasteiger partial charge in [0.1, 0.15) is 5.75 Å². The van der Waals surface area contributed by atoms with Gasteiger partial charge in [-0.3, -0.25) is 4.79 Å². The monoisotopic (exact) mass is 280 g/mol. The lowest BCUT2D eigenvalue weighted by molar-refractivity contribution is 0.0992. The van der Waals surface area contributed by atoms with Gasteiger partial charge in [0, 0.05) is 11.6 Å². The van der Waals surface area contributed by atoms with Crippen molar-refractivity contribution in [2.45, 2.75) is 19.2 Å². The molecule has 0 bridgehead atoms. The maximum atomic E-state index is 11.7. The minimum atomic E-state index is -0.633. The lowest BCUT2D eigenvalue weighted by Crippen LogP contribution is -2.11. The second kappa shape index (κ2) is 5.76. The van der Waals surface area contributed by atoms with Crippen LogP contribution in [0.15, 0.2) is 12.1 Å². The molecule has 0 spiro atoms. The summed E-state index contributed by atoms with van der Waals surface area (Å²) in [6.07, 6.45) is 0. The van der Waals surface area contributed by atoms with Crippen molar-refractivity contribution < 1.29 is 9.53 Å². The first-order valence-electron chi connectivity index (χ1n) is 4.77. The molecule has 1 rings (SSSR count). The van der Waals surface area contributed by atoms with Crippen molar-refractivity contribution in [1.29, 1.82) is 0 Å². The van der Waals surface area contributed by atoms with Crippen LogP contribution in [-0.2, 0) is 0 Å². The molecule has 0 aliphatic rings. The molecular formula is C11H11Cl3O2. The van der Waals surface area contributed by atoms with Gasteiger partial charge in [0.2, 0.25) is 0 Å². The fraction of sp³-hybridized carbons (Fsp3) is 0.364. The van der Waals surface area contributed by atoms with Crippen molar-refractivity contribution in [2.24, 2.45) is 0 Å². The van der Waals surface area contributed by atoms with Gasteiger partial charge >= 0.3 is 0 Å². The second-order valence-electron chi connectivity index (χ2n) is 3.18. The van der Waals surface area contributed by atoms with E-state index in [9.17, 15) is 4.79 Å². The number of hydrogen-bond acceptors (Lipinski definition) is 2. The summed E-state index contributed by atoms with van der Waals surface area (Å²) in [4.78, 5) is 11.7. The third-order valence-electron chi connectivity index (χ3n) is 1.95. The minimum Gasteiger partial charge on any atom is -0.492 e. The maximum Gasteiger partial charge on any atom is 0.181 e. The molecule has 1 aromatic carbocycles. The Morgan fingerprint density at radius 2 is 2.00 bits per heavy atom. The maximum absolute atomic E-state index is 11.7. The van der Waals surface area contributed by atoms with Crippen LogP contribution in [0.5, 0.6) is 5.75 Å². The van der Waals surface area contributed by atoms with E-state index in [2.05, 4.69) is 0 Å². The van der Waals surface area contributed by atoms with Gasteiger partial charge in [-0.1, -0.05) is 23.2 Å². The fourth-order valence-electron chi connectivity index (χ4n) is 1.20. The summed E-state index contributed by atoms with van der Waals surface area (Å²) in [6, 6.07) is 3.01. The van der Waals surface area contributed by atoms with Gasteiger partial charge in [-0.05, 0) is 19.9 Å². The molecule has 0 fully saturated rings. The Morgan fingerprint density at radius 3 is 2.50 bits per heavy atom. The van der Waals surface area contributed by atoms with Crippen LogP contribution in [0.4, 0.5) is 0 Å². The van der Waals surface area contributed by atoms with Crippen LogP contribution in [0.25, 0.3) is 0 Å². The molecule has 16 heavy (non-hydrogen) atoms. The van der Waals surface area contributed by atoms with E-state index < -0.39 is 5.38 Å². The van der Waals surface area contributed by atoms with Crippen LogP contribution in [0.1, 0.15) is 24.2 Å². The predicted octanol–water partition coefficient (Wildman–Crippen LogP) is 4.20. The average Bonchev–Trinajstić information content (AvgIpc) is 2.22. The molecule has 0 heterocycles. The van der Waals surface area contributed by atoms with E-state index in [1.165, 1.54) is 12.1 Å². The number of Topliss-reactive ketones (excluding diaryl/α,β-unsaturated/α-hetero) is 1. The lowest BCUT2D eigenvalue weighted by atomic mass is 10.1. The summed E-state index contributed by atoms with van der Waals surface area (Å²) in [5, 5.41) is 0.0174. The van der Waals surface area contributed by atoms with Gasteiger partial charge in [-0.2, -0.15) is 0 Å². The third-order valence-corrected chi connectivity index (χ3v) is 2.75. The Bertz CT molecular complexity index is 402. The molecule has 1 aromatic rings. The molecule has 0 aromatic heterocycles. The molecule has 0 radical (unpaired) electrons. The molecular weight excluding hydrogens is 270 g/mol. The van der Waals surface area contributed by atoms with Gasteiger partial charge in [0.05, 0.1) is 22.0 Å². The van der Waals surface area contributed by atoms with Gasteiger partial charge in [0.15, 0.2) is 5.78 Å². The molecule has 1 unspecified atom stereocenters. The summed E-state index contributed by atoms with van der Waals surface area (Å²) >= 11 is 17.6. The van der Waals surface area contributed by atoms with Crippen LogP contribution < -0.4 is 4.74 Å². The smallest absolute Gasteiger partial charge is 0.181 e. The summed E-state index contributed by atoms with van der Waals surface area (Å²) in [6.45, 7) is 3.91. The highest BCUT2D eigenvalue weighted by Crippen LogP contribution is 2.32. The number of carbonyl (C=O) groups is 1. The molecule has 1 atom stereocenters. The SMILES string of the molecule is CCOc1cc(Cl)c(C(=O)C(C)Cl)cc1Cl. The molecule has 5 heteroatoms. The molecule has 0 saturated heterocycles.